The average molecular weight is 330 g/mol. The molecule has 1 heterocycles. The quantitative estimate of drug-likeness (QED) is 0.650. The molecule has 2 atom stereocenters. The predicted molar refractivity (Wildman–Crippen MR) is 86.4 cm³/mol. The molecule has 3 rings (SSSR count). The van der Waals surface area contributed by atoms with Gasteiger partial charge in [0, 0.05) is 5.41 Å². The maximum Gasteiger partial charge on any atom is 0.313 e. The Bertz CT molecular complexity index is 700. The normalized spacial score (nSPS) is 29.9. The van der Waals surface area contributed by atoms with Crippen LogP contribution in [0.1, 0.15) is 39.2 Å². The molecule has 1 aromatic rings. The molecule has 0 radical (unpaired) electrons. The largest absolute Gasteiger partial charge is 0.448 e. The van der Waals surface area contributed by atoms with Gasteiger partial charge in [0.15, 0.2) is 5.60 Å². The Balaban J connectivity index is 1.66. The van der Waals surface area contributed by atoms with Gasteiger partial charge in [-0.2, -0.15) is 0 Å². The number of rotatable bonds is 3. The molecular weight excluding hydrogens is 308 g/mol. The van der Waals surface area contributed by atoms with Gasteiger partial charge in [0.1, 0.15) is 0 Å². The summed E-state index contributed by atoms with van der Waals surface area (Å²) < 4.78 is 5.48. The zero-order valence-corrected chi connectivity index (χ0v) is 14.1. The molecule has 2 amide bonds. The van der Waals surface area contributed by atoms with Crippen molar-refractivity contribution in [3.8, 4) is 0 Å². The molecule has 0 unspecified atom stereocenters. The first-order valence-corrected chi connectivity index (χ1v) is 8.10. The van der Waals surface area contributed by atoms with E-state index >= 15 is 0 Å². The van der Waals surface area contributed by atoms with E-state index in [9.17, 15) is 14.4 Å². The van der Waals surface area contributed by atoms with Gasteiger partial charge in [0.25, 0.3) is 5.91 Å². The number of hydrogen-bond donors (Lipinski definition) is 2. The fraction of sp³-hybridized carbons (Fsp3) is 0.500. The van der Waals surface area contributed by atoms with Crippen molar-refractivity contribution in [2.24, 2.45) is 10.8 Å². The Labute approximate surface area is 140 Å². The molecule has 1 saturated carbocycles. The number of fused-ring (bicyclic) bond motifs is 2. The zero-order valence-electron chi connectivity index (χ0n) is 14.1. The number of benzene rings is 1. The van der Waals surface area contributed by atoms with Crippen LogP contribution in [0.3, 0.4) is 0 Å². The van der Waals surface area contributed by atoms with Crippen LogP contribution in [0.2, 0.25) is 0 Å². The van der Waals surface area contributed by atoms with E-state index in [0.29, 0.717) is 12.8 Å². The number of esters is 1. The molecule has 6 heteroatoms. The summed E-state index contributed by atoms with van der Waals surface area (Å²) in [6, 6.07) is 9.24. The second-order valence-electron chi connectivity index (χ2n) is 7.34. The summed E-state index contributed by atoms with van der Waals surface area (Å²) in [4.78, 5) is 36.8. The van der Waals surface area contributed by atoms with Crippen molar-refractivity contribution >= 4 is 17.8 Å². The number of carbonyl (C=O) groups is 3. The highest BCUT2D eigenvalue weighted by Gasteiger charge is 2.75. The van der Waals surface area contributed by atoms with Crippen molar-refractivity contribution in [3.05, 3.63) is 35.9 Å². The minimum absolute atomic E-state index is 0.162. The number of carbonyl (C=O) groups excluding carboxylic acids is 3. The van der Waals surface area contributed by atoms with E-state index in [0.717, 1.165) is 5.56 Å². The molecule has 24 heavy (non-hydrogen) atoms. The first-order valence-electron chi connectivity index (χ1n) is 8.10. The lowest BCUT2D eigenvalue weighted by atomic mass is 9.66. The van der Waals surface area contributed by atoms with Crippen molar-refractivity contribution in [2.45, 2.75) is 45.6 Å². The molecule has 2 fully saturated rings. The van der Waals surface area contributed by atoms with Crippen molar-refractivity contribution in [1.82, 2.24) is 10.9 Å². The summed E-state index contributed by atoms with van der Waals surface area (Å²) in [5, 5.41) is 0. The fourth-order valence-electron chi connectivity index (χ4n) is 3.80. The van der Waals surface area contributed by atoms with Crippen molar-refractivity contribution in [1.29, 1.82) is 0 Å². The lowest BCUT2D eigenvalue weighted by molar-refractivity contribution is -0.168. The van der Waals surface area contributed by atoms with Crippen LogP contribution in [0.4, 0.5) is 0 Å². The molecule has 6 nitrogen and oxygen atoms in total. The second-order valence-corrected chi connectivity index (χ2v) is 7.34. The van der Waals surface area contributed by atoms with Crippen LogP contribution in [0.5, 0.6) is 0 Å². The van der Waals surface area contributed by atoms with Gasteiger partial charge in [-0.05, 0) is 25.3 Å². The summed E-state index contributed by atoms with van der Waals surface area (Å²) in [6.45, 7) is 5.58. The van der Waals surface area contributed by atoms with Gasteiger partial charge in [-0.15, -0.1) is 0 Å². The Morgan fingerprint density at radius 1 is 1.08 bits per heavy atom. The van der Waals surface area contributed by atoms with Crippen LogP contribution >= 0.6 is 0 Å². The van der Waals surface area contributed by atoms with Crippen LogP contribution in [0.15, 0.2) is 30.3 Å². The van der Waals surface area contributed by atoms with Crippen LogP contribution in [0.25, 0.3) is 0 Å². The SMILES string of the molecule is CC1(C)[C@@]2(C)CC[C@@]1(C(=O)NNC(=O)Cc1ccccc1)OC2=O. The molecule has 128 valence electrons. The molecule has 1 aliphatic carbocycles. The number of hydrazine groups is 1. The monoisotopic (exact) mass is 330 g/mol. The standard InChI is InChI=1S/C18H22N2O4/c1-16(2)17(3)9-10-18(16,24-15(17)23)14(22)20-19-13(21)11-12-7-5-4-6-8-12/h4-8H,9-11H2,1-3H3,(H,19,21)(H,20,22)/t17-,18-/m0/s1. The highest BCUT2D eigenvalue weighted by atomic mass is 16.6. The number of nitrogens with one attached hydrogen (secondary N) is 2. The first kappa shape index (κ1) is 16.5. The Hall–Kier alpha value is -2.37. The average Bonchev–Trinajstić information content (AvgIpc) is 2.84. The smallest absolute Gasteiger partial charge is 0.313 e. The molecule has 2 bridgehead atoms. The Morgan fingerprint density at radius 3 is 2.29 bits per heavy atom. The Morgan fingerprint density at radius 2 is 1.75 bits per heavy atom. The minimum atomic E-state index is -1.22. The van der Waals surface area contributed by atoms with Crippen LogP contribution in [0, 0.1) is 10.8 Å². The molecular formula is C18H22N2O4. The molecule has 1 aliphatic heterocycles. The number of hydrogen-bond acceptors (Lipinski definition) is 4. The highest BCUT2D eigenvalue weighted by molar-refractivity contribution is 5.97. The molecule has 0 aromatic heterocycles. The molecule has 0 spiro atoms. The fourth-order valence-corrected chi connectivity index (χ4v) is 3.80. The molecule has 2 N–H and O–H groups in total. The topological polar surface area (TPSA) is 84.5 Å². The summed E-state index contributed by atoms with van der Waals surface area (Å²) >= 11 is 0. The lowest BCUT2D eigenvalue weighted by Gasteiger charge is -2.35. The zero-order chi connectivity index (χ0) is 17.6. The van der Waals surface area contributed by atoms with Crippen molar-refractivity contribution in [3.63, 3.8) is 0 Å². The third-order valence-corrected chi connectivity index (χ3v) is 5.97. The van der Waals surface area contributed by atoms with E-state index < -0.39 is 22.3 Å². The van der Waals surface area contributed by atoms with Crippen molar-refractivity contribution in [2.75, 3.05) is 0 Å². The number of ether oxygens (including phenoxy) is 1. The molecule has 2 aliphatic rings. The Kier molecular flexibility index (Phi) is 3.66. The first-order chi connectivity index (χ1) is 11.2. The second kappa shape index (κ2) is 5.33. The van der Waals surface area contributed by atoms with E-state index in [-0.39, 0.29) is 18.3 Å². The third kappa shape index (κ3) is 2.12. The van der Waals surface area contributed by atoms with E-state index in [1.807, 2.05) is 51.1 Å². The predicted octanol–water partition coefficient (Wildman–Crippen LogP) is 1.50. The maximum atomic E-state index is 12.7. The van der Waals surface area contributed by atoms with Gasteiger partial charge in [0.2, 0.25) is 5.91 Å². The van der Waals surface area contributed by atoms with Gasteiger partial charge in [-0.25, -0.2) is 0 Å². The van der Waals surface area contributed by atoms with Crippen LogP contribution in [-0.2, 0) is 25.5 Å². The lowest BCUT2D eigenvalue weighted by Crippen LogP contribution is -2.57. The highest BCUT2D eigenvalue weighted by Crippen LogP contribution is 2.65. The third-order valence-electron chi connectivity index (χ3n) is 5.97. The van der Waals surface area contributed by atoms with Crippen molar-refractivity contribution < 1.29 is 19.1 Å². The number of amides is 2. The summed E-state index contributed by atoms with van der Waals surface area (Å²) in [7, 11) is 0. The molecule has 1 saturated heterocycles. The van der Waals surface area contributed by atoms with Crippen LogP contribution < -0.4 is 10.9 Å². The summed E-state index contributed by atoms with van der Waals surface area (Å²) in [5.74, 6) is -1.14. The minimum Gasteiger partial charge on any atom is -0.448 e. The van der Waals surface area contributed by atoms with Crippen LogP contribution in [-0.4, -0.2) is 23.4 Å². The van der Waals surface area contributed by atoms with E-state index in [1.54, 1.807) is 0 Å². The van der Waals surface area contributed by atoms with E-state index in [2.05, 4.69) is 10.9 Å². The summed E-state index contributed by atoms with van der Waals surface area (Å²) in [6.07, 6.45) is 1.22. The molecule has 1 aromatic carbocycles. The van der Waals surface area contributed by atoms with Gasteiger partial charge < -0.3 is 4.74 Å². The summed E-state index contributed by atoms with van der Waals surface area (Å²) in [5.41, 5.74) is 3.19. The maximum absolute atomic E-state index is 12.7. The van der Waals surface area contributed by atoms with Gasteiger partial charge in [0.05, 0.1) is 11.8 Å². The van der Waals surface area contributed by atoms with Gasteiger partial charge in [-0.3, -0.25) is 25.2 Å². The van der Waals surface area contributed by atoms with Gasteiger partial charge in [-0.1, -0.05) is 44.2 Å². The van der Waals surface area contributed by atoms with E-state index in [4.69, 9.17) is 4.74 Å². The van der Waals surface area contributed by atoms with E-state index in [1.165, 1.54) is 0 Å². The van der Waals surface area contributed by atoms with Gasteiger partial charge >= 0.3 is 5.97 Å².